The van der Waals surface area contributed by atoms with Crippen LogP contribution in [0.1, 0.15) is 6.23 Å². The molecule has 1 aliphatic rings. The van der Waals surface area contributed by atoms with E-state index in [-0.39, 0.29) is 6.61 Å². The van der Waals surface area contributed by atoms with Crippen molar-refractivity contribution in [3.8, 4) is 0 Å². The summed E-state index contributed by atoms with van der Waals surface area (Å²) in [5.74, 6) is 0. The fourth-order valence-corrected chi connectivity index (χ4v) is 2.36. The maximum absolute atomic E-state index is 9.98. The van der Waals surface area contributed by atoms with Gasteiger partial charge in [0.2, 0.25) is 0 Å². The maximum atomic E-state index is 9.98. The van der Waals surface area contributed by atoms with Gasteiger partial charge >= 0.3 is 0 Å². The minimum absolute atomic E-state index is 0.00933. The van der Waals surface area contributed by atoms with Crippen LogP contribution in [0.5, 0.6) is 0 Å². The van der Waals surface area contributed by atoms with Crippen LogP contribution >= 0.6 is 0 Å². The normalized spacial score (nSPS) is 32.8. The number of hydrogen-bond donors (Lipinski definition) is 3. The van der Waals surface area contributed by atoms with Crippen LogP contribution < -0.4 is 0 Å². The third-order valence-corrected chi connectivity index (χ3v) is 3.38. The summed E-state index contributed by atoms with van der Waals surface area (Å²) in [6, 6.07) is 9.64. The maximum Gasteiger partial charge on any atom is 0.162 e. The number of nitrogens with zero attached hydrogens (tertiary/aromatic N) is 1. The Morgan fingerprint density at radius 2 is 1.83 bits per heavy atom. The van der Waals surface area contributed by atoms with Gasteiger partial charge in [-0.3, -0.25) is 0 Å². The van der Waals surface area contributed by atoms with Crippen LogP contribution in [-0.4, -0.2) is 44.8 Å². The van der Waals surface area contributed by atoms with E-state index < -0.39 is 24.5 Å². The highest BCUT2D eigenvalue weighted by Crippen LogP contribution is 2.28. The predicted molar refractivity (Wildman–Crippen MR) is 64.9 cm³/mol. The second kappa shape index (κ2) is 4.37. The zero-order chi connectivity index (χ0) is 12.7. The van der Waals surface area contributed by atoms with E-state index in [2.05, 4.69) is 0 Å². The van der Waals surface area contributed by atoms with Gasteiger partial charge in [-0.1, -0.05) is 18.2 Å². The number of aromatic nitrogens is 1. The SMILES string of the molecule is O[C@@H]1[C@H](O)COC(n2ccc3ccccc32)[C@@H]1O. The number of para-hydroxylation sites is 1. The average molecular weight is 249 g/mol. The molecule has 0 spiro atoms. The van der Waals surface area contributed by atoms with Crippen molar-refractivity contribution in [2.75, 3.05) is 6.61 Å². The van der Waals surface area contributed by atoms with Gasteiger partial charge < -0.3 is 24.6 Å². The van der Waals surface area contributed by atoms with E-state index in [0.717, 1.165) is 10.9 Å². The Morgan fingerprint density at radius 3 is 2.67 bits per heavy atom. The molecule has 18 heavy (non-hydrogen) atoms. The molecule has 5 heteroatoms. The largest absolute Gasteiger partial charge is 0.388 e. The summed E-state index contributed by atoms with van der Waals surface area (Å²) in [4.78, 5) is 0. The fraction of sp³-hybridized carbons (Fsp3) is 0.385. The summed E-state index contributed by atoms with van der Waals surface area (Å²) < 4.78 is 7.20. The van der Waals surface area contributed by atoms with Crippen LogP contribution in [-0.2, 0) is 4.74 Å². The number of aliphatic hydroxyl groups is 3. The van der Waals surface area contributed by atoms with Crippen molar-refractivity contribution >= 4 is 10.9 Å². The van der Waals surface area contributed by atoms with Gasteiger partial charge in [-0.2, -0.15) is 0 Å². The number of rotatable bonds is 1. The fourth-order valence-electron chi connectivity index (χ4n) is 2.36. The molecule has 2 heterocycles. The summed E-state index contributed by atoms with van der Waals surface area (Å²) in [6.07, 6.45) is -2.25. The standard InChI is InChI=1S/C13H15NO4/c15-10-7-18-13(12(17)11(10)16)14-6-5-8-3-1-2-4-9(8)14/h1-6,10-13,15-17H,7H2/t10-,11-,12-,13?/m1/s1. The second-order valence-electron chi connectivity index (χ2n) is 4.55. The predicted octanol–water partition coefficient (Wildman–Crippen LogP) is 0.253. The van der Waals surface area contributed by atoms with E-state index in [1.54, 1.807) is 4.57 Å². The van der Waals surface area contributed by atoms with Crippen molar-refractivity contribution < 1.29 is 20.1 Å². The molecule has 4 atom stereocenters. The van der Waals surface area contributed by atoms with E-state index in [4.69, 9.17) is 4.74 Å². The van der Waals surface area contributed by atoms with Crippen molar-refractivity contribution in [2.45, 2.75) is 24.5 Å². The summed E-state index contributed by atoms with van der Waals surface area (Å²) in [7, 11) is 0. The van der Waals surface area contributed by atoms with Crippen molar-refractivity contribution in [2.24, 2.45) is 0 Å². The van der Waals surface area contributed by atoms with E-state index in [0.29, 0.717) is 0 Å². The van der Waals surface area contributed by atoms with Crippen molar-refractivity contribution in [3.63, 3.8) is 0 Å². The molecule has 0 aliphatic carbocycles. The van der Waals surface area contributed by atoms with E-state index >= 15 is 0 Å². The number of ether oxygens (including phenoxy) is 1. The van der Waals surface area contributed by atoms with Crippen molar-refractivity contribution in [1.82, 2.24) is 4.57 Å². The van der Waals surface area contributed by atoms with Gasteiger partial charge in [0.05, 0.1) is 12.1 Å². The quantitative estimate of drug-likeness (QED) is 0.677. The van der Waals surface area contributed by atoms with Gasteiger partial charge in [0.25, 0.3) is 0 Å². The second-order valence-corrected chi connectivity index (χ2v) is 4.55. The molecular weight excluding hydrogens is 234 g/mol. The molecule has 96 valence electrons. The molecule has 0 bridgehead atoms. The highest BCUT2D eigenvalue weighted by Gasteiger charge is 2.38. The summed E-state index contributed by atoms with van der Waals surface area (Å²) in [5, 5.41) is 30.1. The summed E-state index contributed by atoms with van der Waals surface area (Å²) in [6.45, 7) is 0.00933. The molecular formula is C13H15NO4. The number of fused-ring (bicyclic) bond motifs is 1. The van der Waals surface area contributed by atoms with Crippen LogP contribution in [0, 0.1) is 0 Å². The molecule has 0 amide bonds. The first-order chi connectivity index (χ1) is 8.68. The Morgan fingerprint density at radius 1 is 1.06 bits per heavy atom. The molecule has 1 aromatic heterocycles. The van der Waals surface area contributed by atoms with Crippen LogP contribution in [0.15, 0.2) is 36.5 Å². The molecule has 5 nitrogen and oxygen atoms in total. The van der Waals surface area contributed by atoms with Crippen LogP contribution in [0.25, 0.3) is 10.9 Å². The highest BCUT2D eigenvalue weighted by molar-refractivity contribution is 5.80. The molecule has 3 rings (SSSR count). The molecule has 0 radical (unpaired) electrons. The lowest BCUT2D eigenvalue weighted by molar-refractivity contribution is -0.209. The highest BCUT2D eigenvalue weighted by atomic mass is 16.5. The lowest BCUT2D eigenvalue weighted by Gasteiger charge is -2.36. The molecule has 2 aromatic rings. The van der Waals surface area contributed by atoms with Crippen LogP contribution in [0.3, 0.4) is 0 Å². The first-order valence-electron chi connectivity index (χ1n) is 5.90. The van der Waals surface area contributed by atoms with Gasteiger partial charge in [-0.05, 0) is 17.5 Å². The molecule has 1 aliphatic heterocycles. The van der Waals surface area contributed by atoms with E-state index in [1.165, 1.54) is 0 Å². The molecule has 1 saturated heterocycles. The molecule has 1 unspecified atom stereocenters. The molecule has 3 N–H and O–H groups in total. The van der Waals surface area contributed by atoms with Crippen molar-refractivity contribution in [1.29, 1.82) is 0 Å². The zero-order valence-corrected chi connectivity index (χ0v) is 9.68. The first-order valence-corrected chi connectivity index (χ1v) is 5.90. The lowest BCUT2D eigenvalue weighted by atomic mass is 10.0. The van der Waals surface area contributed by atoms with Crippen LogP contribution in [0.4, 0.5) is 0 Å². The number of benzene rings is 1. The van der Waals surface area contributed by atoms with Gasteiger partial charge in [0.15, 0.2) is 6.23 Å². The Kier molecular flexibility index (Phi) is 2.83. The Balaban J connectivity index is 1.99. The number of aliphatic hydroxyl groups excluding tert-OH is 3. The number of hydrogen-bond acceptors (Lipinski definition) is 4. The van der Waals surface area contributed by atoms with Crippen LogP contribution in [0.2, 0.25) is 0 Å². The topological polar surface area (TPSA) is 74.8 Å². The molecule has 0 saturated carbocycles. The third kappa shape index (κ3) is 1.72. The summed E-state index contributed by atoms with van der Waals surface area (Å²) in [5.41, 5.74) is 0.921. The lowest BCUT2D eigenvalue weighted by Crippen LogP contribution is -2.50. The monoisotopic (exact) mass is 249 g/mol. The Labute approximate surface area is 104 Å². The van der Waals surface area contributed by atoms with Gasteiger partial charge in [-0.25, -0.2) is 0 Å². The zero-order valence-electron chi connectivity index (χ0n) is 9.68. The van der Waals surface area contributed by atoms with Gasteiger partial charge in [0.1, 0.15) is 18.3 Å². The third-order valence-electron chi connectivity index (χ3n) is 3.38. The summed E-state index contributed by atoms with van der Waals surface area (Å²) >= 11 is 0. The smallest absolute Gasteiger partial charge is 0.162 e. The minimum atomic E-state index is -1.19. The average Bonchev–Trinajstić information content (AvgIpc) is 2.80. The van der Waals surface area contributed by atoms with Gasteiger partial charge in [-0.15, -0.1) is 0 Å². The van der Waals surface area contributed by atoms with Gasteiger partial charge in [0, 0.05) is 6.20 Å². The Hall–Kier alpha value is -1.40. The first kappa shape index (κ1) is 11.7. The molecule has 1 fully saturated rings. The van der Waals surface area contributed by atoms with E-state index in [9.17, 15) is 15.3 Å². The van der Waals surface area contributed by atoms with Crippen molar-refractivity contribution in [3.05, 3.63) is 36.5 Å². The minimum Gasteiger partial charge on any atom is -0.388 e. The van der Waals surface area contributed by atoms with E-state index in [1.807, 2.05) is 36.5 Å². The molecule has 1 aromatic carbocycles. The Bertz CT molecular complexity index is 553.